The molecule has 1 fully saturated rings. The van der Waals surface area contributed by atoms with Crippen molar-refractivity contribution in [3.05, 3.63) is 34.6 Å². The van der Waals surface area contributed by atoms with Crippen molar-refractivity contribution in [1.82, 2.24) is 0 Å². The van der Waals surface area contributed by atoms with Crippen molar-refractivity contribution in [2.45, 2.75) is 32.3 Å². The molecular formula is C12H14ClFO. The summed E-state index contributed by atoms with van der Waals surface area (Å²) < 4.78 is 13.0. The quantitative estimate of drug-likeness (QED) is 0.783. The Balaban J connectivity index is 2.45. The van der Waals surface area contributed by atoms with E-state index in [2.05, 4.69) is 0 Å². The van der Waals surface area contributed by atoms with E-state index in [1.807, 2.05) is 20.8 Å². The van der Waals surface area contributed by atoms with Gasteiger partial charge in [0, 0.05) is 10.8 Å². The zero-order valence-electron chi connectivity index (χ0n) is 9.01. The number of hydrogen-bond acceptors (Lipinski definition) is 1. The number of aliphatic hydroxyl groups is 1. The van der Waals surface area contributed by atoms with Gasteiger partial charge >= 0.3 is 0 Å². The van der Waals surface area contributed by atoms with Crippen LogP contribution in [0.4, 0.5) is 4.39 Å². The molecule has 0 heterocycles. The third-order valence-electron chi connectivity index (χ3n) is 4.00. The van der Waals surface area contributed by atoms with Gasteiger partial charge in [-0.2, -0.15) is 0 Å². The lowest BCUT2D eigenvalue weighted by molar-refractivity contribution is 0.227. The molecular weight excluding hydrogens is 215 g/mol. The van der Waals surface area contributed by atoms with Crippen molar-refractivity contribution in [3.8, 4) is 0 Å². The number of hydrogen-bond donors (Lipinski definition) is 1. The molecule has 0 aromatic heterocycles. The van der Waals surface area contributed by atoms with Crippen molar-refractivity contribution in [2.75, 3.05) is 0 Å². The second-order valence-corrected chi connectivity index (χ2v) is 5.36. The van der Waals surface area contributed by atoms with Crippen LogP contribution in [-0.4, -0.2) is 11.2 Å². The molecule has 3 heteroatoms. The molecule has 15 heavy (non-hydrogen) atoms. The molecule has 1 nitrogen and oxygen atoms in total. The third kappa shape index (κ3) is 1.25. The molecule has 1 aliphatic carbocycles. The number of aliphatic hydroxyl groups excluding tert-OH is 1. The molecule has 2 atom stereocenters. The molecule has 1 aliphatic rings. The first kappa shape index (κ1) is 10.9. The minimum absolute atomic E-state index is 0.114. The Morgan fingerprint density at radius 3 is 2.27 bits per heavy atom. The smallest absolute Gasteiger partial charge is 0.141 e. The van der Waals surface area contributed by atoms with Crippen LogP contribution in [-0.2, 0) is 5.41 Å². The molecule has 82 valence electrons. The standard InChI is InChI=1S/C12H14ClFO/c1-11(2)10(15)12(11,3)7-4-5-9(14)8(13)6-7/h4-6,10,15H,1-3H3. The molecule has 1 saturated carbocycles. The summed E-state index contributed by atoms with van der Waals surface area (Å²) in [5, 5.41) is 10.0. The fraction of sp³-hybridized carbons (Fsp3) is 0.500. The molecule has 1 aromatic carbocycles. The van der Waals surface area contributed by atoms with E-state index in [-0.39, 0.29) is 15.9 Å². The van der Waals surface area contributed by atoms with Crippen LogP contribution < -0.4 is 0 Å². The fourth-order valence-electron chi connectivity index (χ4n) is 2.30. The minimum atomic E-state index is -0.419. The summed E-state index contributed by atoms with van der Waals surface area (Å²) >= 11 is 5.73. The van der Waals surface area contributed by atoms with Crippen LogP contribution in [0, 0.1) is 11.2 Å². The fourth-order valence-corrected chi connectivity index (χ4v) is 2.48. The predicted molar refractivity (Wildman–Crippen MR) is 58.5 cm³/mol. The second kappa shape index (κ2) is 2.96. The SMILES string of the molecule is CC1(C)C(O)C1(C)c1ccc(F)c(Cl)c1. The average Bonchev–Trinajstić information content (AvgIpc) is 2.56. The van der Waals surface area contributed by atoms with Gasteiger partial charge in [0.15, 0.2) is 0 Å². The van der Waals surface area contributed by atoms with Gasteiger partial charge in [0.1, 0.15) is 5.82 Å². The van der Waals surface area contributed by atoms with Gasteiger partial charge in [-0.05, 0) is 17.7 Å². The van der Waals surface area contributed by atoms with Crippen molar-refractivity contribution >= 4 is 11.6 Å². The van der Waals surface area contributed by atoms with E-state index in [1.165, 1.54) is 6.07 Å². The summed E-state index contributed by atoms with van der Waals surface area (Å²) in [6.45, 7) is 5.96. The normalized spacial score (nSPS) is 32.8. The van der Waals surface area contributed by atoms with Crippen molar-refractivity contribution < 1.29 is 9.50 Å². The molecule has 0 saturated heterocycles. The summed E-state index contributed by atoms with van der Waals surface area (Å²) in [6, 6.07) is 4.65. The van der Waals surface area contributed by atoms with Crippen LogP contribution in [0.1, 0.15) is 26.3 Å². The van der Waals surface area contributed by atoms with E-state index in [9.17, 15) is 9.50 Å². The largest absolute Gasteiger partial charge is 0.392 e. The molecule has 0 bridgehead atoms. The number of benzene rings is 1. The Bertz CT molecular complexity index is 416. The van der Waals surface area contributed by atoms with E-state index in [1.54, 1.807) is 12.1 Å². The second-order valence-electron chi connectivity index (χ2n) is 4.96. The molecule has 0 amide bonds. The highest BCUT2D eigenvalue weighted by Crippen LogP contribution is 2.64. The van der Waals surface area contributed by atoms with Crippen LogP contribution in [0.15, 0.2) is 18.2 Å². The monoisotopic (exact) mass is 228 g/mol. The van der Waals surface area contributed by atoms with E-state index >= 15 is 0 Å². The number of halogens is 2. The molecule has 2 unspecified atom stereocenters. The van der Waals surface area contributed by atoms with Gasteiger partial charge in [-0.25, -0.2) is 4.39 Å². The Hall–Kier alpha value is -0.600. The van der Waals surface area contributed by atoms with Gasteiger partial charge < -0.3 is 5.11 Å². The van der Waals surface area contributed by atoms with Crippen LogP contribution >= 0.6 is 11.6 Å². The first-order valence-electron chi connectivity index (χ1n) is 4.95. The highest BCUT2D eigenvalue weighted by atomic mass is 35.5. The van der Waals surface area contributed by atoms with Gasteiger partial charge in [0.2, 0.25) is 0 Å². The van der Waals surface area contributed by atoms with E-state index < -0.39 is 11.9 Å². The lowest BCUT2D eigenvalue weighted by atomic mass is 9.90. The van der Waals surface area contributed by atoms with Gasteiger partial charge in [-0.15, -0.1) is 0 Å². The first-order chi connectivity index (χ1) is 6.81. The van der Waals surface area contributed by atoms with Crippen LogP contribution in [0.2, 0.25) is 5.02 Å². The van der Waals surface area contributed by atoms with Crippen LogP contribution in [0.3, 0.4) is 0 Å². The third-order valence-corrected chi connectivity index (χ3v) is 4.29. The zero-order valence-corrected chi connectivity index (χ0v) is 9.77. The molecule has 1 aromatic rings. The van der Waals surface area contributed by atoms with Gasteiger partial charge in [0.25, 0.3) is 0 Å². The highest BCUT2D eigenvalue weighted by Gasteiger charge is 2.68. The van der Waals surface area contributed by atoms with Crippen LogP contribution in [0.5, 0.6) is 0 Å². The summed E-state index contributed by atoms with van der Waals surface area (Å²) in [6.07, 6.45) is -0.397. The minimum Gasteiger partial charge on any atom is -0.392 e. The van der Waals surface area contributed by atoms with E-state index in [0.717, 1.165) is 5.56 Å². The lowest BCUT2D eigenvalue weighted by Crippen LogP contribution is -2.10. The lowest BCUT2D eigenvalue weighted by Gasteiger charge is -2.14. The van der Waals surface area contributed by atoms with E-state index in [0.29, 0.717) is 0 Å². The highest BCUT2D eigenvalue weighted by molar-refractivity contribution is 6.30. The maximum Gasteiger partial charge on any atom is 0.141 e. The van der Waals surface area contributed by atoms with Gasteiger partial charge in [-0.1, -0.05) is 38.4 Å². The summed E-state index contributed by atoms with van der Waals surface area (Å²) in [4.78, 5) is 0. The maximum absolute atomic E-state index is 13.0. The summed E-state index contributed by atoms with van der Waals surface area (Å²) in [7, 11) is 0. The predicted octanol–water partition coefficient (Wildman–Crippen LogP) is 3.14. The molecule has 0 radical (unpaired) electrons. The van der Waals surface area contributed by atoms with Crippen LogP contribution in [0.25, 0.3) is 0 Å². The van der Waals surface area contributed by atoms with E-state index in [4.69, 9.17) is 11.6 Å². The van der Waals surface area contributed by atoms with Gasteiger partial charge in [0.05, 0.1) is 11.1 Å². The Morgan fingerprint density at radius 1 is 1.33 bits per heavy atom. The van der Waals surface area contributed by atoms with Gasteiger partial charge in [-0.3, -0.25) is 0 Å². The molecule has 0 spiro atoms. The van der Waals surface area contributed by atoms with Crippen molar-refractivity contribution in [3.63, 3.8) is 0 Å². The first-order valence-corrected chi connectivity index (χ1v) is 5.33. The van der Waals surface area contributed by atoms with Crippen molar-refractivity contribution in [1.29, 1.82) is 0 Å². The molecule has 0 aliphatic heterocycles. The maximum atomic E-state index is 13.0. The topological polar surface area (TPSA) is 20.2 Å². The zero-order chi connectivity index (χ0) is 11.4. The Kier molecular flexibility index (Phi) is 2.15. The Morgan fingerprint density at radius 2 is 1.87 bits per heavy atom. The van der Waals surface area contributed by atoms with Crippen molar-refractivity contribution in [2.24, 2.45) is 5.41 Å². The Labute approximate surface area is 93.9 Å². The summed E-state index contributed by atoms with van der Waals surface area (Å²) in [5.74, 6) is -0.419. The summed E-state index contributed by atoms with van der Waals surface area (Å²) in [5.41, 5.74) is 0.407. The molecule has 1 N–H and O–H groups in total. The molecule has 2 rings (SSSR count). The average molecular weight is 229 g/mol. The number of rotatable bonds is 1.